The van der Waals surface area contributed by atoms with E-state index >= 15 is 0 Å². The highest BCUT2D eigenvalue weighted by molar-refractivity contribution is 6.83. The number of rotatable bonds is 11. The molecule has 2 unspecified atom stereocenters. The van der Waals surface area contributed by atoms with Crippen molar-refractivity contribution in [3.63, 3.8) is 0 Å². The Bertz CT molecular complexity index is 1360. The van der Waals surface area contributed by atoms with Gasteiger partial charge in [-0.25, -0.2) is 0 Å². The third-order valence-electron chi connectivity index (χ3n) is 7.84. The molecule has 0 saturated heterocycles. The molecule has 1 aliphatic carbocycles. The summed E-state index contributed by atoms with van der Waals surface area (Å²) >= 11 is 0. The Morgan fingerprint density at radius 2 is 1.68 bits per heavy atom. The van der Waals surface area contributed by atoms with Crippen LogP contribution in [0.4, 0.5) is 0 Å². The maximum absolute atomic E-state index is 13.6. The Morgan fingerprint density at radius 3 is 2.37 bits per heavy atom. The van der Waals surface area contributed by atoms with Gasteiger partial charge in [-0.1, -0.05) is 80.3 Å². The number of methoxy groups -OCH3 is 1. The first kappa shape index (κ1) is 30.6. The molecule has 0 spiro atoms. The van der Waals surface area contributed by atoms with Crippen molar-refractivity contribution >= 4 is 14.0 Å². The second kappa shape index (κ2) is 13.6. The monoisotopic (exact) mass is 568 g/mol. The van der Waals surface area contributed by atoms with Crippen LogP contribution in [-0.4, -0.2) is 21.2 Å². The van der Waals surface area contributed by atoms with Crippen LogP contribution in [0.15, 0.2) is 72.8 Å². The Labute approximate surface area is 247 Å². The van der Waals surface area contributed by atoms with Crippen LogP contribution in [0, 0.1) is 16.9 Å². The van der Waals surface area contributed by atoms with E-state index in [2.05, 4.69) is 49.3 Å². The number of hydrogen-bond acceptors (Lipinski definition) is 4. The van der Waals surface area contributed by atoms with Gasteiger partial charge in [0.15, 0.2) is 0 Å². The Balaban J connectivity index is 1.54. The molecule has 5 heteroatoms. The molecule has 2 atom stereocenters. The maximum atomic E-state index is 13.6. The number of ether oxygens (including phenoxy) is 3. The number of hydrogen-bond donors (Lipinski definition) is 0. The van der Waals surface area contributed by atoms with E-state index in [1.165, 1.54) is 11.1 Å². The van der Waals surface area contributed by atoms with Crippen LogP contribution in [0.5, 0.6) is 5.75 Å². The summed E-state index contributed by atoms with van der Waals surface area (Å²) in [5.74, 6) is 4.06. The average molecular weight is 569 g/mol. The van der Waals surface area contributed by atoms with Crippen molar-refractivity contribution in [3.05, 3.63) is 101 Å². The summed E-state index contributed by atoms with van der Waals surface area (Å²) in [5.41, 5.74) is 8.60. The lowest BCUT2D eigenvalue weighted by atomic mass is 9.72. The Kier molecular flexibility index (Phi) is 10.1. The molecule has 0 radical (unpaired) electrons. The molecule has 3 aromatic rings. The third-order valence-corrected chi connectivity index (χ3v) is 8.76. The molecule has 3 aromatic carbocycles. The van der Waals surface area contributed by atoms with Crippen molar-refractivity contribution < 1.29 is 19.0 Å². The number of fused-ring (bicyclic) bond motifs is 1. The van der Waals surface area contributed by atoms with Gasteiger partial charge in [0.05, 0.1) is 25.2 Å². The number of aryl methyl sites for hydroxylation is 1. The van der Waals surface area contributed by atoms with Gasteiger partial charge < -0.3 is 14.2 Å². The number of esters is 1. The van der Waals surface area contributed by atoms with Gasteiger partial charge in [0.25, 0.3) is 0 Å². The van der Waals surface area contributed by atoms with Gasteiger partial charge in [-0.05, 0) is 73.1 Å². The van der Waals surface area contributed by atoms with Gasteiger partial charge >= 0.3 is 5.97 Å². The molecule has 0 aromatic heterocycles. The molecule has 1 aliphatic rings. The lowest BCUT2D eigenvalue weighted by molar-refractivity contribution is -0.156. The van der Waals surface area contributed by atoms with E-state index in [0.29, 0.717) is 6.61 Å². The number of benzene rings is 3. The van der Waals surface area contributed by atoms with E-state index in [4.69, 9.17) is 14.2 Å². The fourth-order valence-corrected chi connectivity index (χ4v) is 6.09. The van der Waals surface area contributed by atoms with Crippen molar-refractivity contribution in [1.29, 1.82) is 0 Å². The van der Waals surface area contributed by atoms with E-state index in [1.807, 2.05) is 68.4 Å². The van der Waals surface area contributed by atoms with Crippen LogP contribution in [0.3, 0.4) is 0 Å². The molecule has 0 amide bonds. The lowest BCUT2D eigenvalue weighted by Crippen LogP contribution is -2.33. The third kappa shape index (κ3) is 8.35. The molecule has 0 N–H and O–H groups in total. The minimum atomic E-state index is -1.47. The van der Waals surface area contributed by atoms with Crippen molar-refractivity contribution in [2.75, 3.05) is 7.11 Å². The molecule has 0 aliphatic heterocycles. The zero-order valence-electron chi connectivity index (χ0n) is 25.5. The van der Waals surface area contributed by atoms with E-state index in [1.54, 1.807) is 7.11 Å². The summed E-state index contributed by atoms with van der Waals surface area (Å²) in [4.78, 5) is 13.6. The predicted octanol–water partition coefficient (Wildman–Crippen LogP) is 8.41. The van der Waals surface area contributed by atoms with Crippen LogP contribution in [0.25, 0.3) is 0 Å². The highest BCUT2D eigenvalue weighted by Crippen LogP contribution is 2.43. The van der Waals surface area contributed by atoms with Gasteiger partial charge in [0.2, 0.25) is 0 Å². The predicted molar refractivity (Wildman–Crippen MR) is 168 cm³/mol. The normalized spacial score (nSPS) is 15.4. The largest absolute Gasteiger partial charge is 0.497 e. The quantitative estimate of drug-likeness (QED) is 0.132. The zero-order valence-corrected chi connectivity index (χ0v) is 26.5. The van der Waals surface area contributed by atoms with Crippen LogP contribution >= 0.6 is 0 Å². The first-order chi connectivity index (χ1) is 19.6. The number of carbonyl (C=O) groups is 1. The van der Waals surface area contributed by atoms with Gasteiger partial charge in [0.1, 0.15) is 20.4 Å². The SMILES string of the molecule is COc1ccc(COC2CCc3ccc(C(CCC#C[Si](C)(C)C)C(C)(C)C(=O)OCc4ccccc4)cc32)cc1. The standard InChI is InChI=1S/C36H44O4Si/c1-36(2,35(37)40-26-27-12-8-7-9-13-27)33(14-10-11-23-41(4,5)6)30-18-17-29-19-22-34(32(29)24-30)39-25-28-15-20-31(38-3)21-16-28/h7-9,12-13,15-18,20-21,24,33-34H,10,14,19,22,25-26H2,1-6H3. The smallest absolute Gasteiger partial charge is 0.312 e. The molecular formula is C36H44O4Si. The minimum absolute atomic E-state index is 0.0325. The molecule has 0 heterocycles. The zero-order chi connectivity index (χ0) is 29.5. The van der Waals surface area contributed by atoms with Crippen molar-refractivity contribution in [2.24, 2.45) is 5.41 Å². The summed E-state index contributed by atoms with van der Waals surface area (Å²) in [6.45, 7) is 11.6. The maximum Gasteiger partial charge on any atom is 0.312 e. The van der Waals surface area contributed by atoms with Crippen LogP contribution in [0.1, 0.15) is 72.9 Å². The van der Waals surface area contributed by atoms with Gasteiger partial charge in [0, 0.05) is 12.3 Å². The van der Waals surface area contributed by atoms with Crippen LogP contribution < -0.4 is 4.74 Å². The Hall–Kier alpha value is -3.33. The van der Waals surface area contributed by atoms with E-state index in [-0.39, 0.29) is 24.6 Å². The molecule has 0 bridgehead atoms. The molecule has 216 valence electrons. The summed E-state index contributed by atoms with van der Waals surface area (Å²) in [5, 5.41) is 0. The molecule has 4 nitrogen and oxygen atoms in total. The average Bonchev–Trinajstić information content (AvgIpc) is 3.37. The molecule has 4 rings (SSSR count). The van der Waals surface area contributed by atoms with E-state index < -0.39 is 13.5 Å². The second-order valence-electron chi connectivity index (χ2n) is 12.6. The van der Waals surface area contributed by atoms with Gasteiger partial charge in [-0.2, -0.15) is 0 Å². The summed E-state index contributed by atoms with van der Waals surface area (Å²) in [7, 11) is 0.207. The lowest BCUT2D eigenvalue weighted by Gasteiger charge is -2.33. The minimum Gasteiger partial charge on any atom is -0.497 e. The van der Waals surface area contributed by atoms with Crippen LogP contribution in [-0.2, 0) is 33.9 Å². The first-order valence-corrected chi connectivity index (χ1v) is 18.2. The molecule has 41 heavy (non-hydrogen) atoms. The van der Waals surface area contributed by atoms with Crippen molar-refractivity contribution in [3.8, 4) is 17.2 Å². The van der Waals surface area contributed by atoms with Gasteiger partial charge in [-0.3, -0.25) is 4.79 Å². The summed E-state index contributed by atoms with van der Waals surface area (Å²) < 4.78 is 17.6. The van der Waals surface area contributed by atoms with Crippen molar-refractivity contribution in [1.82, 2.24) is 0 Å². The topological polar surface area (TPSA) is 44.8 Å². The fourth-order valence-electron chi connectivity index (χ4n) is 5.43. The summed E-state index contributed by atoms with van der Waals surface area (Å²) in [6, 6.07) is 24.6. The molecule has 0 saturated carbocycles. The second-order valence-corrected chi connectivity index (χ2v) is 17.3. The fraction of sp³-hybridized carbons (Fsp3) is 0.417. The van der Waals surface area contributed by atoms with Crippen molar-refractivity contribution in [2.45, 2.75) is 84.4 Å². The summed E-state index contributed by atoms with van der Waals surface area (Å²) in [6.07, 6.45) is 3.54. The first-order valence-electron chi connectivity index (χ1n) is 14.7. The molecular weight excluding hydrogens is 524 g/mol. The highest BCUT2D eigenvalue weighted by Gasteiger charge is 2.39. The molecule has 0 fully saturated rings. The van der Waals surface area contributed by atoms with E-state index in [9.17, 15) is 4.79 Å². The van der Waals surface area contributed by atoms with E-state index in [0.717, 1.165) is 48.1 Å². The van der Waals surface area contributed by atoms with Crippen LogP contribution in [0.2, 0.25) is 19.6 Å². The highest BCUT2D eigenvalue weighted by atomic mass is 28.3. The number of carbonyl (C=O) groups excluding carboxylic acids is 1. The van der Waals surface area contributed by atoms with Gasteiger partial charge in [-0.15, -0.1) is 11.5 Å². The Morgan fingerprint density at radius 1 is 0.976 bits per heavy atom.